The Morgan fingerprint density at radius 1 is 1.27 bits per heavy atom. The average molecular weight is 412 g/mol. The Morgan fingerprint density at radius 3 is 2.87 bits per heavy atom. The van der Waals surface area contributed by atoms with Crippen molar-refractivity contribution in [2.24, 2.45) is 5.92 Å². The number of methoxy groups -OCH3 is 1. The standard InChI is InChI=1S/C21H28N6O3/c1-3-30-19(28)14-27-13-17(11-23-27)24-21-22-10-16-8-9-26(20(16)25-21)12-15-4-6-18(29-2)7-5-15/h8-11,13,15,18H,3-7,12,14H2,1-2H3,(H,22,24,25)/t15-,18+. The predicted molar refractivity (Wildman–Crippen MR) is 112 cm³/mol. The maximum absolute atomic E-state index is 11.6. The molecule has 9 heteroatoms. The van der Waals surface area contributed by atoms with E-state index < -0.39 is 0 Å². The summed E-state index contributed by atoms with van der Waals surface area (Å²) in [5.74, 6) is 0.822. The van der Waals surface area contributed by atoms with Gasteiger partial charge in [0.1, 0.15) is 12.2 Å². The number of hydrogen-bond acceptors (Lipinski definition) is 7. The van der Waals surface area contributed by atoms with Crippen molar-refractivity contribution in [2.75, 3.05) is 19.0 Å². The molecule has 9 nitrogen and oxygen atoms in total. The molecular weight excluding hydrogens is 384 g/mol. The van der Waals surface area contributed by atoms with Gasteiger partial charge in [-0.2, -0.15) is 10.1 Å². The highest BCUT2D eigenvalue weighted by molar-refractivity contribution is 5.76. The van der Waals surface area contributed by atoms with Gasteiger partial charge >= 0.3 is 5.97 Å². The first-order valence-corrected chi connectivity index (χ1v) is 10.4. The van der Waals surface area contributed by atoms with E-state index in [0.717, 1.165) is 36.1 Å². The Morgan fingerprint density at radius 2 is 2.10 bits per heavy atom. The Kier molecular flexibility index (Phi) is 6.27. The van der Waals surface area contributed by atoms with Crippen molar-refractivity contribution in [3.63, 3.8) is 0 Å². The fourth-order valence-electron chi connectivity index (χ4n) is 3.99. The van der Waals surface area contributed by atoms with Crippen molar-refractivity contribution >= 4 is 28.6 Å². The normalized spacial score (nSPS) is 19.1. The summed E-state index contributed by atoms with van der Waals surface area (Å²) in [5.41, 5.74) is 1.63. The van der Waals surface area contributed by atoms with Crippen LogP contribution in [0.15, 0.2) is 30.9 Å². The summed E-state index contributed by atoms with van der Waals surface area (Å²) in [6.45, 7) is 3.16. The molecule has 1 aliphatic carbocycles. The number of aromatic nitrogens is 5. The van der Waals surface area contributed by atoms with Gasteiger partial charge in [-0.3, -0.25) is 9.48 Å². The van der Waals surface area contributed by atoms with Crippen LogP contribution in [-0.2, 0) is 27.4 Å². The second kappa shape index (κ2) is 9.25. The maximum atomic E-state index is 11.6. The van der Waals surface area contributed by atoms with Gasteiger partial charge in [0, 0.05) is 37.6 Å². The van der Waals surface area contributed by atoms with Crippen LogP contribution < -0.4 is 5.32 Å². The molecule has 1 saturated carbocycles. The molecule has 0 unspecified atom stereocenters. The third-order valence-corrected chi connectivity index (χ3v) is 5.57. The van der Waals surface area contributed by atoms with Gasteiger partial charge in [0.05, 0.1) is 24.6 Å². The van der Waals surface area contributed by atoms with Gasteiger partial charge in [0.25, 0.3) is 0 Å². The minimum Gasteiger partial charge on any atom is -0.465 e. The number of carbonyl (C=O) groups is 1. The molecule has 1 fully saturated rings. The Bertz CT molecular complexity index is 990. The lowest BCUT2D eigenvalue weighted by Gasteiger charge is -2.27. The number of ether oxygens (including phenoxy) is 2. The van der Waals surface area contributed by atoms with Crippen LogP contribution in [0.4, 0.5) is 11.6 Å². The van der Waals surface area contributed by atoms with Crippen LogP contribution in [0, 0.1) is 5.92 Å². The predicted octanol–water partition coefficient (Wildman–Crippen LogP) is 3.14. The summed E-state index contributed by atoms with van der Waals surface area (Å²) < 4.78 is 14.2. The monoisotopic (exact) mass is 412 g/mol. The third-order valence-electron chi connectivity index (χ3n) is 5.57. The van der Waals surface area contributed by atoms with Gasteiger partial charge in [0.15, 0.2) is 0 Å². The summed E-state index contributed by atoms with van der Waals surface area (Å²) in [7, 11) is 1.80. The van der Waals surface area contributed by atoms with E-state index in [9.17, 15) is 4.79 Å². The highest BCUT2D eigenvalue weighted by Crippen LogP contribution is 2.28. The first-order valence-electron chi connectivity index (χ1n) is 10.4. The van der Waals surface area contributed by atoms with Crippen LogP contribution in [0.25, 0.3) is 11.0 Å². The molecule has 4 rings (SSSR count). The van der Waals surface area contributed by atoms with E-state index in [1.165, 1.54) is 17.5 Å². The molecule has 0 aromatic carbocycles. The maximum Gasteiger partial charge on any atom is 0.327 e. The van der Waals surface area contributed by atoms with Gasteiger partial charge in [0.2, 0.25) is 5.95 Å². The number of esters is 1. The van der Waals surface area contributed by atoms with Crippen molar-refractivity contribution in [3.05, 3.63) is 30.9 Å². The first-order chi connectivity index (χ1) is 14.6. The smallest absolute Gasteiger partial charge is 0.327 e. The fraction of sp³-hybridized carbons (Fsp3) is 0.524. The first kappa shape index (κ1) is 20.3. The molecule has 160 valence electrons. The van der Waals surface area contributed by atoms with Crippen LogP contribution in [0.5, 0.6) is 0 Å². The van der Waals surface area contributed by atoms with Crippen LogP contribution in [0.3, 0.4) is 0 Å². The topological polar surface area (TPSA) is 96.1 Å². The number of rotatable bonds is 8. The van der Waals surface area contributed by atoms with Crippen molar-refractivity contribution < 1.29 is 14.3 Å². The molecule has 0 bridgehead atoms. The lowest BCUT2D eigenvalue weighted by molar-refractivity contribution is -0.144. The summed E-state index contributed by atoms with van der Waals surface area (Å²) in [6.07, 6.45) is 12.3. The van der Waals surface area contributed by atoms with Crippen LogP contribution in [-0.4, -0.2) is 50.1 Å². The molecule has 3 heterocycles. The summed E-state index contributed by atoms with van der Waals surface area (Å²) in [4.78, 5) is 20.7. The molecule has 0 aliphatic heterocycles. The molecule has 0 radical (unpaired) electrons. The molecule has 1 aliphatic rings. The minimum absolute atomic E-state index is 0.0730. The molecule has 0 saturated heterocycles. The highest BCUT2D eigenvalue weighted by Gasteiger charge is 2.21. The number of anilines is 2. The number of nitrogens with zero attached hydrogens (tertiary/aromatic N) is 5. The molecule has 0 amide bonds. The van der Waals surface area contributed by atoms with Gasteiger partial charge in [-0.1, -0.05) is 0 Å². The van der Waals surface area contributed by atoms with E-state index in [4.69, 9.17) is 14.5 Å². The van der Waals surface area contributed by atoms with Gasteiger partial charge in [-0.05, 0) is 44.6 Å². The van der Waals surface area contributed by atoms with Crippen molar-refractivity contribution in [1.82, 2.24) is 24.3 Å². The quantitative estimate of drug-likeness (QED) is 0.568. The van der Waals surface area contributed by atoms with E-state index in [1.807, 2.05) is 6.20 Å². The minimum atomic E-state index is -0.317. The van der Waals surface area contributed by atoms with E-state index in [0.29, 0.717) is 24.6 Å². The highest BCUT2D eigenvalue weighted by atomic mass is 16.5. The van der Waals surface area contributed by atoms with Crippen molar-refractivity contribution in [1.29, 1.82) is 0 Å². The molecule has 0 spiro atoms. The van der Waals surface area contributed by atoms with E-state index in [1.54, 1.807) is 26.4 Å². The SMILES string of the molecule is CCOC(=O)Cn1cc(Nc2ncc3ccn(C[C@H]4CC[C@@H](OC)CC4)c3n2)cn1. The summed E-state index contributed by atoms with van der Waals surface area (Å²) >= 11 is 0. The zero-order valence-electron chi connectivity index (χ0n) is 17.5. The van der Waals surface area contributed by atoms with Crippen molar-refractivity contribution in [3.8, 4) is 0 Å². The number of fused-ring (bicyclic) bond motifs is 1. The Balaban J connectivity index is 1.43. The second-order valence-corrected chi connectivity index (χ2v) is 7.68. The van der Waals surface area contributed by atoms with E-state index in [2.05, 4.69) is 32.2 Å². The molecular formula is C21H28N6O3. The van der Waals surface area contributed by atoms with Gasteiger partial charge in [-0.25, -0.2) is 4.98 Å². The second-order valence-electron chi connectivity index (χ2n) is 7.68. The third kappa shape index (κ3) is 4.79. The number of carbonyl (C=O) groups excluding carboxylic acids is 1. The van der Waals surface area contributed by atoms with Crippen molar-refractivity contribution in [2.45, 2.75) is 51.8 Å². The Hall–Kier alpha value is -2.94. The lowest BCUT2D eigenvalue weighted by Crippen LogP contribution is -2.23. The fourth-order valence-corrected chi connectivity index (χ4v) is 3.99. The van der Waals surface area contributed by atoms with Gasteiger partial charge < -0.3 is 19.4 Å². The van der Waals surface area contributed by atoms with E-state index >= 15 is 0 Å². The number of hydrogen-bond donors (Lipinski definition) is 1. The van der Waals surface area contributed by atoms with E-state index in [-0.39, 0.29) is 12.5 Å². The largest absolute Gasteiger partial charge is 0.465 e. The lowest BCUT2D eigenvalue weighted by atomic mass is 9.87. The van der Waals surface area contributed by atoms with Crippen LogP contribution in [0.1, 0.15) is 32.6 Å². The number of nitrogens with one attached hydrogen (secondary N) is 1. The Labute approximate surface area is 175 Å². The molecule has 3 aromatic rings. The summed E-state index contributed by atoms with van der Waals surface area (Å²) in [5, 5.41) is 8.36. The zero-order valence-corrected chi connectivity index (χ0v) is 17.5. The summed E-state index contributed by atoms with van der Waals surface area (Å²) in [6, 6.07) is 2.05. The van der Waals surface area contributed by atoms with Gasteiger partial charge in [-0.15, -0.1) is 0 Å². The molecule has 1 N–H and O–H groups in total. The molecule has 30 heavy (non-hydrogen) atoms. The van der Waals surface area contributed by atoms with Crippen LogP contribution >= 0.6 is 0 Å². The zero-order chi connectivity index (χ0) is 20.9. The molecule has 0 atom stereocenters. The molecule has 3 aromatic heterocycles. The van der Waals surface area contributed by atoms with Crippen LogP contribution in [0.2, 0.25) is 0 Å². The average Bonchev–Trinajstić information content (AvgIpc) is 3.35.